The minimum atomic E-state index is -3.64. The number of hydrogen-bond donors (Lipinski definition) is 0. The van der Waals surface area contributed by atoms with Gasteiger partial charge in [0.25, 0.3) is 0 Å². The number of nitrogens with zero attached hydrogens (tertiary/aromatic N) is 2. The number of methoxy groups -OCH3 is 1. The minimum Gasteiger partial charge on any atom is -0.385 e. The van der Waals surface area contributed by atoms with Gasteiger partial charge < -0.3 is 9.30 Å². The Balaban J connectivity index is 2.01. The van der Waals surface area contributed by atoms with Crippen LogP contribution in [0.4, 0.5) is 0 Å². The van der Waals surface area contributed by atoms with Crippen LogP contribution in [0, 0.1) is 0 Å². The zero-order chi connectivity index (χ0) is 18.6. The van der Waals surface area contributed by atoms with Gasteiger partial charge in [0.05, 0.1) is 11.4 Å². The second-order valence-electron chi connectivity index (χ2n) is 6.27. The zero-order valence-corrected chi connectivity index (χ0v) is 15.9. The Morgan fingerprint density at radius 2 is 1.81 bits per heavy atom. The Morgan fingerprint density at radius 3 is 2.54 bits per heavy atom. The minimum absolute atomic E-state index is 0.332. The number of sulfonamides is 1. The van der Waals surface area contributed by atoms with Gasteiger partial charge in [0.15, 0.2) is 0 Å². The third kappa shape index (κ3) is 3.82. The number of fused-ring (bicyclic) bond motifs is 1. The van der Waals surface area contributed by atoms with Crippen LogP contribution >= 0.6 is 0 Å². The molecule has 6 heteroatoms. The summed E-state index contributed by atoms with van der Waals surface area (Å²) in [7, 11) is -0.0870. The van der Waals surface area contributed by atoms with E-state index in [0.29, 0.717) is 31.0 Å². The molecule has 0 atom stereocenters. The number of benzene rings is 2. The van der Waals surface area contributed by atoms with Crippen molar-refractivity contribution in [1.29, 1.82) is 0 Å². The average Bonchev–Trinajstić information content (AvgIpc) is 3.05. The highest BCUT2D eigenvalue weighted by Gasteiger charge is 2.26. The molecular formula is C20H24N2O3S. The summed E-state index contributed by atoms with van der Waals surface area (Å²) in [6.45, 7) is 1.26. The van der Waals surface area contributed by atoms with E-state index in [-0.39, 0.29) is 0 Å². The summed E-state index contributed by atoms with van der Waals surface area (Å²) in [6, 6.07) is 16.9. The smallest absolute Gasteiger partial charge is 0.244 e. The average molecular weight is 372 g/mol. The Hall–Kier alpha value is -2.15. The SMILES string of the molecule is COCCCN(Cc1cccn1C)S(=O)(=O)c1cccc2ccccc12. The maximum absolute atomic E-state index is 13.5. The summed E-state index contributed by atoms with van der Waals surface area (Å²) in [5.41, 5.74) is 0.950. The summed E-state index contributed by atoms with van der Waals surface area (Å²) in [6.07, 6.45) is 2.57. The van der Waals surface area contributed by atoms with Crippen molar-refractivity contribution in [1.82, 2.24) is 8.87 Å². The van der Waals surface area contributed by atoms with Crippen molar-refractivity contribution in [2.45, 2.75) is 17.9 Å². The number of aromatic nitrogens is 1. The highest BCUT2D eigenvalue weighted by molar-refractivity contribution is 7.89. The molecule has 0 unspecified atom stereocenters. The van der Waals surface area contributed by atoms with Gasteiger partial charge in [-0.05, 0) is 30.0 Å². The molecule has 5 nitrogen and oxygen atoms in total. The number of hydrogen-bond acceptors (Lipinski definition) is 3. The van der Waals surface area contributed by atoms with Gasteiger partial charge in [0, 0.05) is 44.6 Å². The summed E-state index contributed by atoms with van der Waals surface area (Å²) < 4.78 is 35.5. The van der Waals surface area contributed by atoms with Crippen LogP contribution < -0.4 is 0 Å². The van der Waals surface area contributed by atoms with E-state index in [0.717, 1.165) is 16.5 Å². The molecule has 1 aromatic heterocycles. The standard InChI is InChI=1S/C20H24N2O3S/c1-21-13-6-10-18(21)16-22(14-7-15-25-2)26(23,24)20-12-5-9-17-8-3-4-11-19(17)20/h3-6,8-13H,7,14-16H2,1-2H3. The van der Waals surface area contributed by atoms with Gasteiger partial charge in [-0.3, -0.25) is 0 Å². The second-order valence-corrected chi connectivity index (χ2v) is 8.18. The van der Waals surface area contributed by atoms with Crippen molar-refractivity contribution < 1.29 is 13.2 Å². The van der Waals surface area contributed by atoms with Crippen LogP contribution in [-0.4, -0.2) is 37.6 Å². The van der Waals surface area contributed by atoms with Crippen LogP contribution in [0.3, 0.4) is 0 Å². The maximum Gasteiger partial charge on any atom is 0.244 e. The molecule has 0 fully saturated rings. The summed E-state index contributed by atoms with van der Waals surface area (Å²) >= 11 is 0. The van der Waals surface area contributed by atoms with Crippen LogP contribution in [-0.2, 0) is 28.4 Å². The van der Waals surface area contributed by atoms with Crippen LogP contribution in [0.25, 0.3) is 10.8 Å². The molecule has 2 aromatic carbocycles. The Bertz CT molecular complexity index is 974. The molecule has 0 aliphatic carbocycles. The van der Waals surface area contributed by atoms with Gasteiger partial charge in [-0.15, -0.1) is 0 Å². The molecule has 138 valence electrons. The summed E-state index contributed by atoms with van der Waals surface area (Å²) in [4.78, 5) is 0.349. The van der Waals surface area contributed by atoms with Crippen molar-refractivity contribution in [2.24, 2.45) is 7.05 Å². The lowest BCUT2D eigenvalue weighted by molar-refractivity contribution is 0.186. The fraction of sp³-hybridized carbons (Fsp3) is 0.300. The molecule has 0 saturated heterocycles. The van der Waals surface area contributed by atoms with E-state index < -0.39 is 10.0 Å². The third-order valence-electron chi connectivity index (χ3n) is 4.51. The van der Waals surface area contributed by atoms with Gasteiger partial charge in [-0.1, -0.05) is 36.4 Å². The highest BCUT2D eigenvalue weighted by Crippen LogP contribution is 2.27. The van der Waals surface area contributed by atoms with Crippen molar-refractivity contribution in [3.63, 3.8) is 0 Å². The predicted molar refractivity (Wildman–Crippen MR) is 103 cm³/mol. The first-order valence-corrected chi connectivity index (χ1v) is 10.0. The molecule has 0 amide bonds. The van der Waals surface area contributed by atoms with Crippen LogP contribution in [0.15, 0.2) is 65.7 Å². The van der Waals surface area contributed by atoms with Crippen molar-refractivity contribution in [3.8, 4) is 0 Å². The molecule has 1 heterocycles. The first kappa shape index (κ1) is 18.6. The molecule has 0 aliphatic heterocycles. The molecule has 3 rings (SSSR count). The van der Waals surface area contributed by atoms with E-state index in [4.69, 9.17) is 4.74 Å². The third-order valence-corrected chi connectivity index (χ3v) is 6.42. The van der Waals surface area contributed by atoms with Crippen molar-refractivity contribution in [3.05, 3.63) is 66.5 Å². The molecule has 0 radical (unpaired) electrons. The lowest BCUT2D eigenvalue weighted by Gasteiger charge is -2.23. The largest absolute Gasteiger partial charge is 0.385 e. The lowest BCUT2D eigenvalue weighted by atomic mass is 10.1. The highest BCUT2D eigenvalue weighted by atomic mass is 32.2. The molecule has 26 heavy (non-hydrogen) atoms. The number of aryl methyl sites for hydroxylation is 1. The maximum atomic E-state index is 13.5. The topological polar surface area (TPSA) is 51.5 Å². The first-order chi connectivity index (χ1) is 12.5. The number of rotatable bonds is 8. The number of ether oxygens (including phenoxy) is 1. The van der Waals surface area contributed by atoms with Crippen molar-refractivity contribution in [2.75, 3.05) is 20.3 Å². The van der Waals surface area contributed by atoms with Crippen LogP contribution in [0.1, 0.15) is 12.1 Å². The quantitative estimate of drug-likeness (QED) is 0.570. The fourth-order valence-electron chi connectivity index (χ4n) is 3.07. The zero-order valence-electron chi connectivity index (χ0n) is 15.1. The molecule has 0 aliphatic rings. The Labute approximate surface area is 154 Å². The first-order valence-electron chi connectivity index (χ1n) is 8.61. The summed E-state index contributed by atoms with van der Waals surface area (Å²) in [5.74, 6) is 0. The Kier molecular flexibility index (Phi) is 5.76. The molecule has 0 N–H and O–H groups in total. The molecule has 0 saturated carbocycles. The normalized spacial score (nSPS) is 12.1. The molecular weight excluding hydrogens is 348 g/mol. The van der Waals surface area contributed by atoms with E-state index >= 15 is 0 Å². The van der Waals surface area contributed by atoms with E-state index in [1.165, 1.54) is 0 Å². The van der Waals surface area contributed by atoms with Crippen LogP contribution in [0.2, 0.25) is 0 Å². The van der Waals surface area contributed by atoms with E-state index in [9.17, 15) is 8.42 Å². The molecule has 3 aromatic rings. The van der Waals surface area contributed by atoms with Crippen LogP contribution in [0.5, 0.6) is 0 Å². The lowest BCUT2D eigenvalue weighted by Crippen LogP contribution is -2.33. The van der Waals surface area contributed by atoms with Gasteiger partial charge in [-0.2, -0.15) is 4.31 Å². The predicted octanol–water partition coefficient (Wildman–Crippen LogP) is 3.41. The second kappa shape index (κ2) is 8.03. The van der Waals surface area contributed by atoms with E-state index in [2.05, 4.69) is 0 Å². The van der Waals surface area contributed by atoms with E-state index in [1.807, 2.05) is 60.3 Å². The van der Waals surface area contributed by atoms with Crippen molar-refractivity contribution >= 4 is 20.8 Å². The molecule has 0 spiro atoms. The monoisotopic (exact) mass is 372 g/mol. The summed E-state index contributed by atoms with van der Waals surface area (Å²) in [5, 5.41) is 1.67. The van der Waals surface area contributed by atoms with Gasteiger partial charge in [0.2, 0.25) is 10.0 Å². The Morgan fingerprint density at radius 1 is 1.04 bits per heavy atom. The van der Waals surface area contributed by atoms with Gasteiger partial charge in [-0.25, -0.2) is 8.42 Å². The van der Waals surface area contributed by atoms with Gasteiger partial charge in [0.1, 0.15) is 0 Å². The van der Waals surface area contributed by atoms with Gasteiger partial charge >= 0.3 is 0 Å². The molecule has 0 bridgehead atoms. The van der Waals surface area contributed by atoms with E-state index in [1.54, 1.807) is 23.5 Å². The fourth-order valence-corrected chi connectivity index (χ4v) is 4.73.